The maximum Gasteiger partial charge on any atom is 0.236 e. The van der Waals surface area contributed by atoms with Gasteiger partial charge >= 0.3 is 0 Å². The topological polar surface area (TPSA) is 20.3 Å². The third-order valence-corrected chi connectivity index (χ3v) is 1.74. The Morgan fingerprint density at radius 3 is 2.17 bits per heavy atom. The molecule has 0 aliphatic rings. The van der Waals surface area contributed by atoms with Crippen molar-refractivity contribution in [2.24, 2.45) is 0 Å². The van der Waals surface area contributed by atoms with Gasteiger partial charge in [-0.1, -0.05) is 28.1 Å². The fourth-order valence-corrected chi connectivity index (χ4v) is 1.11. The molecule has 0 N–H and O–H groups in total. The normalized spacial score (nSPS) is 11.8. The van der Waals surface area contributed by atoms with Crippen molar-refractivity contribution in [2.45, 2.75) is 11.8 Å². The van der Waals surface area contributed by atoms with E-state index in [0.29, 0.717) is 13.1 Å². The van der Waals surface area contributed by atoms with Gasteiger partial charge in [0.15, 0.2) is 0 Å². The molecule has 12 heavy (non-hydrogen) atoms. The average Bonchev–Trinajstić information content (AvgIpc) is 2.03. The lowest BCUT2D eigenvalue weighted by atomic mass is 10.3. The van der Waals surface area contributed by atoms with Crippen LogP contribution in [0.4, 0.5) is 0 Å². The summed E-state index contributed by atoms with van der Waals surface area (Å²) in [5.74, 6) is 0.0646. The minimum Gasteiger partial charge on any atom is -0.334 e. The van der Waals surface area contributed by atoms with Crippen LogP contribution in [-0.2, 0) is 4.79 Å². The Kier molecular flexibility index (Phi) is 5.72. The monoisotopic (exact) mass is 231 g/mol. The number of hydrogen-bond donors (Lipinski definition) is 0. The summed E-state index contributed by atoms with van der Waals surface area (Å²) in [6.07, 6.45) is 3.41. The van der Waals surface area contributed by atoms with Crippen LogP contribution in [0.25, 0.3) is 0 Å². The third kappa shape index (κ3) is 3.72. The van der Waals surface area contributed by atoms with E-state index in [2.05, 4.69) is 29.1 Å². The fourth-order valence-electron chi connectivity index (χ4n) is 0.818. The molecule has 68 valence electrons. The van der Waals surface area contributed by atoms with Crippen LogP contribution in [0.15, 0.2) is 25.3 Å². The Morgan fingerprint density at radius 2 is 1.92 bits per heavy atom. The molecule has 0 bridgehead atoms. The summed E-state index contributed by atoms with van der Waals surface area (Å²) in [7, 11) is 0. The first kappa shape index (κ1) is 11.4. The van der Waals surface area contributed by atoms with Gasteiger partial charge in [0.2, 0.25) is 5.91 Å². The molecule has 0 saturated heterocycles. The van der Waals surface area contributed by atoms with Crippen LogP contribution in [0, 0.1) is 0 Å². The van der Waals surface area contributed by atoms with Crippen LogP contribution in [-0.4, -0.2) is 28.7 Å². The van der Waals surface area contributed by atoms with E-state index in [1.807, 2.05) is 6.92 Å². The molecule has 0 spiro atoms. The van der Waals surface area contributed by atoms with Crippen molar-refractivity contribution in [3.05, 3.63) is 25.3 Å². The summed E-state index contributed by atoms with van der Waals surface area (Å²) in [6.45, 7) is 10.1. The molecule has 1 atom stereocenters. The number of carbonyl (C=O) groups excluding carboxylic acids is 1. The quantitative estimate of drug-likeness (QED) is 0.524. The second kappa shape index (κ2) is 6.00. The lowest BCUT2D eigenvalue weighted by Crippen LogP contribution is -2.35. The van der Waals surface area contributed by atoms with Crippen LogP contribution in [0.3, 0.4) is 0 Å². The highest BCUT2D eigenvalue weighted by molar-refractivity contribution is 9.10. The molecule has 0 aliphatic carbocycles. The van der Waals surface area contributed by atoms with E-state index in [1.165, 1.54) is 0 Å². The molecular formula is C9H14BrNO. The van der Waals surface area contributed by atoms with Crippen molar-refractivity contribution in [2.75, 3.05) is 13.1 Å². The van der Waals surface area contributed by atoms with E-state index in [-0.39, 0.29) is 10.7 Å². The summed E-state index contributed by atoms with van der Waals surface area (Å²) in [5, 5.41) is 0. The standard InChI is InChI=1S/C9H14BrNO/c1-4-6-11(7-5-2)9(12)8(3)10/h4-5,8H,1-2,6-7H2,3H3. The van der Waals surface area contributed by atoms with Gasteiger partial charge in [0.05, 0.1) is 4.83 Å². The van der Waals surface area contributed by atoms with E-state index in [9.17, 15) is 4.79 Å². The predicted molar refractivity (Wildman–Crippen MR) is 55.4 cm³/mol. The summed E-state index contributed by atoms with van der Waals surface area (Å²) >= 11 is 3.22. The Bertz CT molecular complexity index is 167. The highest BCUT2D eigenvalue weighted by atomic mass is 79.9. The molecule has 0 aromatic rings. The van der Waals surface area contributed by atoms with E-state index < -0.39 is 0 Å². The lowest BCUT2D eigenvalue weighted by molar-refractivity contribution is -0.129. The second-order valence-electron chi connectivity index (χ2n) is 2.44. The maximum atomic E-state index is 11.4. The van der Waals surface area contributed by atoms with Crippen molar-refractivity contribution >= 4 is 21.8 Å². The average molecular weight is 232 g/mol. The zero-order valence-corrected chi connectivity index (χ0v) is 8.88. The molecular weight excluding hydrogens is 218 g/mol. The molecule has 0 aromatic heterocycles. The first-order valence-corrected chi connectivity index (χ1v) is 4.69. The fraction of sp³-hybridized carbons (Fsp3) is 0.444. The predicted octanol–water partition coefficient (Wildman–Crippen LogP) is 1.97. The van der Waals surface area contributed by atoms with E-state index in [4.69, 9.17) is 0 Å². The van der Waals surface area contributed by atoms with Crippen LogP contribution < -0.4 is 0 Å². The van der Waals surface area contributed by atoms with Gasteiger partial charge in [0.25, 0.3) is 0 Å². The number of alkyl halides is 1. The van der Waals surface area contributed by atoms with Gasteiger partial charge in [-0.3, -0.25) is 4.79 Å². The smallest absolute Gasteiger partial charge is 0.236 e. The van der Waals surface area contributed by atoms with Gasteiger partial charge in [0, 0.05) is 13.1 Å². The number of rotatable bonds is 5. The van der Waals surface area contributed by atoms with Crippen LogP contribution in [0.1, 0.15) is 6.92 Å². The molecule has 1 unspecified atom stereocenters. The summed E-state index contributed by atoms with van der Waals surface area (Å²) in [6, 6.07) is 0. The Morgan fingerprint density at radius 1 is 1.50 bits per heavy atom. The Labute approximate surface area is 82.1 Å². The number of carbonyl (C=O) groups is 1. The largest absolute Gasteiger partial charge is 0.334 e. The number of halogens is 1. The molecule has 0 heterocycles. The molecule has 0 saturated carbocycles. The Balaban J connectivity index is 4.17. The zero-order chi connectivity index (χ0) is 9.56. The Hall–Kier alpha value is -0.570. The first-order chi connectivity index (χ1) is 5.63. The van der Waals surface area contributed by atoms with Crippen molar-refractivity contribution in [1.29, 1.82) is 0 Å². The number of nitrogens with zero attached hydrogens (tertiary/aromatic N) is 1. The van der Waals surface area contributed by atoms with Gasteiger partial charge in [-0.25, -0.2) is 0 Å². The van der Waals surface area contributed by atoms with E-state index in [0.717, 1.165) is 0 Å². The van der Waals surface area contributed by atoms with Crippen LogP contribution in [0.5, 0.6) is 0 Å². The number of amides is 1. The molecule has 0 aliphatic heterocycles. The molecule has 1 amide bonds. The van der Waals surface area contributed by atoms with Crippen molar-refractivity contribution in [3.8, 4) is 0 Å². The zero-order valence-electron chi connectivity index (χ0n) is 7.29. The summed E-state index contributed by atoms with van der Waals surface area (Å²) in [4.78, 5) is 12.9. The van der Waals surface area contributed by atoms with Crippen LogP contribution >= 0.6 is 15.9 Å². The number of hydrogen-bond acceptors (Lipinski definition) is 1. The molecule has 0 aromatic carbocycles. The minimum absolute atomic E-state index is 0.0646. The van der Waals surface area contributed by atoms with Crippen molar-refractivity contribution in [3.63, 3.8) is 0 Å². The highest BCUT2D eigenvalue weighted by Gasteiger charge is 2.14. The van der Waals surface area contributed by atoms with Crippen LogP contribution in [0.2, 0.25) is 0 Å². The molecule has 0 radical (unpaired) electrons. The second-order valence-corrected chi connectivity index (χ2v) is 3.81. The van der Waals surface area contributed by atoms with Gasteiger partial charge in [-0.2, -0.15) is 0 Å². The molecule has 3 heteroatoms. The maximum absolute atomic E-state index is 11.4. The summed E-state index contributed by atoms with van der Waals surface area (Å²) < 4.78 is 0. The van der Waals surface area contributed by atoms with Gasteiger partial charge in [0.1, 0.15) is 0 Å². The van der Waals surface area contributed by atoms with Gasteiger partial charge in [-0.05, 0) is 6.92 Å². The molecule has 0 rings (SSSR count). The van der Waals surface area contributed by atoms with Crippen molar-refractivity contribution in [1.82, 2.24) is 4.90 Å². The van der Waals surface area contributed by atoms with Crippen molar-refractivity contribution < 1.29 is 4.79 Å². The first-order valence-electron chi connectivity index (χ1n) is 3.78. The lowest BCUT2D eigenvalue weighted by Gasteiger charge is -2.20. The molecule has 2 nitrogen and oxygen atoms in total. The third-order valence-electron chi connectivity index (χ3n) is 1.35. The minimum atomic E-state index is -0.141. The SMILES string of the molecule is C=CCN(CC=C)C(=O)C(C)Br. The van der Waals surface area contributed by atoms with Gasteiger partial charge < -0.3 is 4.90 Å². The van der Waals surface area contributed by atoms with Gasteiger partial charge in [-0.15, -0.1) is 13.2 Å². The molecule has 0 fully saturated rings. The van der Waals surface area contributed by atoms with E-state index >= 15 is 0 Å². The highest BCUT2D eigenvalue weighted by Crippen LogP contribution is 2.03. The summed E-state index contributed by atoms with van der Waals surface area (Å²) in [5.41, 5.74) is 0. The van der Waals surface area contributed by atoms with E-state index in [1.54, 1.807) is 17.1 Å².